The predicted molar refractivity (Wildman–Crippen MR) is 79.2 cm³/mol. The minimum Gasteiger partial charge on any atom is -0.478 e. The van der Waals surface area contributed by atoms with E-state index in [0.717, 1.165) is 10.4 Å². The number of aliphatic carboxylic acids is 1. The van der Waals surface area contributed by atoms with Crippen molar-refractivity contribution in [3.63, 3.8) is 0 Å². The van der Waals surface area contributed by atoms with Gasteiger partial charge >= 0.3 is 5.97 Å². The quantitative estimate of drug-likeness (QED) is 0.769. The highest BCUT2D eigenvalue weighted by Crippen LogP contribution is 2.23. The predicted octanol–water partition coefficient (Wildman–Crippen LogP) is 1.18. The Kier molecular flexibility index (Phi) is 5.27. The molecule has 0 saturated carbocycles. The van der Waals surface area contributed by atoms with E-state index in [0.29, 0.717) is 5.56 Å². The monoisotopic (exact) mass is 313 g/mol. The van der Waals surface area contributed by atoms with Crippen molar-refractivity contribution in [1.82, 2.24) is 4.31 Å². The van der Waals surface area contributed by atoms with Crippen molar-refractivity contribution in [2.45, 2.75) is 24.3 Å². The molecule has 0 aromatic heterocycles. The molecule has 0 spiro atoms. The molecule has 1 rings (SSSR count). The van der Waals surface area contributed by atoms with Crippen molar-refractivity contribution in [3.8, 4) is 0 Å². The molecule has 7 heteroatoms. The second-order valence-corrected chi connectivity index (χ2v) is 7.16. The van der Waals surface area contributed by atoms with Crippen LogP contribution in [-0.2, 0) is 14.8 Å². The molecule has 0 bridgehead atoms. The molecule has 1 aromatic carbocycles. The fourth-order valence-corrected chi connectivity index (χ4v) is 3.09. The number of rotatable bonds is 6. The van der Waals surface area contributed by atoms with Crippen LogP contribution < -0.4 is 0 Å². The summed E-state index contributed by atoms with van der Waals surface area (Å²) < 4.78 is 26.1. The van der Waals surface area contributed by atoms with Gasteiger partial charge in [-0.15, -0.1) is 0 Å². The first-order chi connectivity index (χ1) is 9.61. The summed E-state index contributed by atoms with van der Waals surface area (Å²) in [4.78, 5) is 10.5. The summed E-state index contributed by atoms with van der Waals surface area (Å²) in [5, 5.41) is 17.9. The topological polar surface area (TPSA) is 94.9 Å². The van der Waals surface area contributed by atoms with Gasteiger partial charge in [0.25, 0.3) is 0 Å². The fraction of sp³-hybridized carbons (Fsp3) is 0.357. The second-order valence-electron chi connectivity index (χ2n) is 5.19. The van der Waals surface area contributed by atoms with E-state index in [1.165, 1.54) is 31.3 Å². The minimum absolute atomic E-state index is 0.0408. The van der Waals surface area contributed by atoms with Crippen LogP contribution in [0.15, 0.2) is 35.2 Å². The number of nitrogens with zero attached hydrogens (tertiary/aromatic N) is 1. The number of sulfonamides is 1. The summed E-state index contributed by atoms with van der Waals surface area (Å²) in [6.45, 7) is 2.90. The summed E-state index contributed by atoms with van der Waals surface area (Å²) in [6, 6.07) is 5.96. The third-order valence-corrected chi connectivity index (χ3v) is 5.24. The number of carbonyl (C=O) groups is 1. The summed E-state index contributed by atoms with van der Waals surface area (Å²) in [5.74, 6) is -1.11. The molecule has 0 atom stereocenters. The number of benzene rings is 1. The van der Waals surface area contributed by atoms with Gasteiger partial charge in [-0.1, -0.05) is 12.1 Å². The van der Waals surface area contributed by atoms with Crippen LogP contribution in [0, 0.1) is 0 Å². The Morgan fingerprint density at radius 2 is 2.00 bits per heavy atom. The molecule has 2 N–H and O–H groups in total. The molecule has 0 unspecified atom stereocenters. The molecule has 0 aliphatic rings. The number of hydrogen-bond donors (Lipinski definition) is 2. The molecule has 0 saturated heterocycles. The first-order valence-corrected chi connectivity index (χ1v) is 7.66. The Morgan fingerprint density at radius 3 is 2.52 bits per heavy atom. The molecule has 116 valence electrons. The summed E-state index contributed by atoms with van der Waals surface area (Å²) in [7, 11) is -2.38. The van der Waals surface area contributed by atoms with Gasteiger partial charge < -0.3 is 10.2 Å². The van der Waals surface area contributed by atoms with Gasteiger partial charge in [0.15, 0.2) is 0 Å². The zero-order valence-electron chi connectivity index (χ0n) is 12.1. The van der Waals surface area contributed by atoms with Crippen molar-refractivity contribution < 1.29 is 23.4 Å². The average molecular weight is 313 g/mol. The van der Waals surface area contributed by atoms with Crippen LogP contribution in [0.3, 0.4) is 0 Å². The van der Waals surface area contributed by atoms with Gasteiger partial charge in [-0.05, 0) is 37.6 Å². The summed E-state index contributed by atoms with van der Waals surface area (Å²) in [5.41, 5.74) is -0.472. The highest BCUT2D eigenvalue weighted by atomic mass is 32.2. The molecular weight excluding hydrogens is 294 g/mol. The molecule has 21 heavy (non-hydrogen) atoms. The van der Waals surface area contributed by atoms with Gasteiger partial charge in [0.05, 0.1) is 17.0 Å². The average Bonchev–Trinajstić information content (AvgIpc) is 2.44. The van der Waals surface area contributed by atoms with Crippen LogP contribution in [0.4, 0.5) is 0 Å². The highest BCUT2D eigenvalue weighted by molar-refractivity contribution is 7.89. The Labute approximate surface area is 124 Å². The number of aliphatic hydroxyl groups is 1. The molecule has 0 amide bonds. The van der Waals surface area contributed by atoms with E-state index in [2.05, 4.69) is 0 Å². The van der Waals surface area contributed by atoms with E-state index in [1.807, 2.05) is 0 Å². The van der Waals surface area contributed by atoms with Crippen LogP contribution in [0.1, 0.15) is 19.4 Å². The lowest BCUT2D eigenvalue weighted by Crippen LogP contribution is -2.47. The lowest BCUT2D eigenvalue weighted by Gasteiger charge is -2.32. The van der Waals surface area contributed by atoms with E-state index in [-0.39, 0.29) is 11.5 Å². The largest absolute Gasteiger partial charge is 0.478 e. The smallest absolute Gasteiger partial charge is 0.328 e. The zero-order valence-corrected chi connectivity index (χ0v) is 13.0. The van der Waals surface area contributed by atoms with Gasteiger partial charge in [0.2, 0.25) is 10.0 Å². The molecule has 0 heterocycles. The third kappa shape index (κ3) is 4.13. The van der Waals surface area contributed by atoms with Crippen molar-refractivity contribution in [2.24, 2.45) is 0 Å². The number of likely N-dealkylation sites (N-methyl/N-ethyl adjacent to an activating group) is 1. The number of hydrogen-bond acceptors (Lipinski definition) is 4. The van der Waals surface area contributed by atoms with Crippen LogP contribution in [0.5, 0.6) is 0 Å². The van der Waals surface area contributed by atoms with Gasteiger partial charge in [-0.3, -0.25) is 0 Å². The minimum atomic E-state index is -3.78. The summed E-state index contributed by atoms with van der Waals surface area (Å²) in [6.07, 6.45) is 2.26. The Bertz CT molecular complexity index is 649. The van der Waals surface area contributed by atoms with Gasteiger partial charge in [-0.25, -0.2) is 13.2 Å². The molecule has 1 aromatic rings. The normalized spacial score (nSPS) is 13.0. The molecule has 0 radical (unpaired) electrons. The third-order valence-electron chi connectivity index (χ3n) is 3.17. The fourth-order valence-electron chi connectivity index (χ4n) is 1.53. The van der Waals surface area contributed by atoms with Crippen molar-refractivity contribution in [3.05, 3.63) is 35.9 Å². The van der Waals surface area contributed by atoms with Crippen LogP contribution in [0.2, 0.25) is 0 Å². The number of carboxylic acid groups (broad SMARTS) is 1. The highest BCUT2D eigenvalue weighted by Gasteiger charge is 2.33. The lowest BCUT2D eigenvalue weighted by molar-refractivity contribution is -0.131. The van der Waals surface area contributed by atoms with Crippen molar-refractivity contribution in [1.29, 1.82) is 0 Å². The van der Waals surface area contributed by atoms with Crippen LogP contribution in [-0.4, -0.2) is 48.1 Å². The molecule has 0 aliphatic carbocycles. The molecule has 6 nitrogen and oxygen atoms in total. The van der Waals surface area contributed by atoms with Gasteiger partial charge in [0, 0.05) is 13.1 Å². The second kappa shape index (κ2) is 6.38. The van der Waals surface area contributed by atoms with Crippen molar-refractivity contribution >= 4 is 22.1 Å². The Balaban J connectivity index is 3.21. The van der Waals surface area contributed by atoms with Crippen molar-refractivity contribution in [2.75, 3.05) is 13.7 Å². The molecule has 0 fully saturated rings. The maximum atomic E-state index is 12.5. The SMILES string of the molecule is CN(C(C)(C)CO)S(=O)(=O)c1cccc(/C=C/C(=O)O)c1. The Morgan fingerprint density at radius 1 is 1.38 bits per heavy atom. The Hall–Kier alpha value is -1.70. The summed E-state index contributed by atoms with van der Waals surface area (Å²) >= 11 is 0. The maximum Gasteiger partial charge on any atom is 0.328 e. The van der Waals surface area contributed by atoms with E-state index >= 15 is 0 Å². The van der Waals surface area contributed by atoms with E-state index in [1.54, 1.807) is 19.9 Å². The van der Waals surface area contributed by atoms with E-state index in [4.69, 9.17) is 5.11 Å². The van der Waals surface area contributed by atoms with E-state index in [9.17, 15) is 18.3 Å². The molecular formula is C14H19NO5S. The first-order valence-electron chi connectivity index (χ1n) is 6.22. The van der Waals surface area contributed by atoms with E-state index < -0.39 is 21.5 Å². The number of carboxylic acids is 1. The standard InChI is InChI=1S/C14H19NO5S/c1-14(2,10-16)15(3)21(19,20)12-6-4-5-11(9-12)7-8-13(17)18/h4-9,16H,10H2,1-3H3,(H,17,18)/b8-7+. The first kappa shape index (κ1) is 17.4. The van der Waals surface area contributed by atoms with Gasteiger partial charge in [-0.2, -0.15) is 4.31 Å². The van der Waals surface area contributed by atoms with Gasteiger partial charge in [0.1, 0.15) is 0 Å². The molecule has 0 aliphatic heterocycles. The van der Waals surface area contributed by atoms with Crippen LogP contribution in [0.25, 0.3) is 6.08 Å². The van der Waals surface area contributed by atoms with Crippen LogP contribution >= 0.6 is 0 Å². The maximum absolute atomic E-state index is 12.5. The zero-order chi connectivity index (χ0) is 16.3. The number of aliphatic hydroxyl groups excluding tert-OH is 1. The lowest BCUT2D eigenvalue weighted by atomic mass is 10.1.